The van der Waals surface area contributed by atoms with E-state index in [1.165, 1.54) is 19.3 Å². The van der Waals surface area contributed by atoms with Gasteiger partial charge in [0.15, 0.2) is 6.10 Å². The maximum atomic E-state index is 12.9. The van der Waals surface area contributed by atoms with Gasteiger partial charge in [-0.05, 0) is 128 Å². The van der Waals surface area contributed by atoms with Crippen LogP contribution in [0, 0.1) is 0 Å². The number of likely N-dealkylation sites (N-methyl/N-ethyl adjacent to an activating group) is 1. The van der Waals surface area contributed by atoms with Crippen LogP contribution in [0.3, 0.4) is 0 Å². The first-order valence-electron chi connectivity index (χ1n) is 31.3. The number of carboxylic acids is 1. The molecule has 0 spiro atoms. The molecule has 0 aromatic rings. The van der Waals surface area contributed by atoms with Gasteiger partial charge in [0.1, 0.15) is 13.2 Å². The van der Waals surface area contributed by atoms with E-state index < -0.39 is 24.3 Å². The largest absolute Gasteiger partial charge is 0.477 e. The van der Waals surface area contributed by atoms with Crippen molar-refractivity contribution in [2.24, 2.45) is 0 Å². The lowest BCUT2D eigenvalue weighted by molar-refractivity contribution is -0.870. The average molecular weight is 1120 g/mol. The number of rotatable bonds is 55. The summed E-state index contributed by atoms with van der Waals surface area (Å²) < 4.78 is 22.8. The molecule has 81 heavy (non-hydrogen) atoms. The minimum atomic E-state index is -1.53. The second-order valence-electron chi connectivity index (χ2n) is 21.2. The van der Waals surface area contributed by atoms with E-state index >= 15 is 0 Å². The zero-order valence-electron chi connectivity index (χ0n) is 51.6. The van der Waals surface area contributed by atoms with Crippen LogP contribution >= 0.6 is 0 Å². The number of hydrogen-bond acceptors (Lipinski definition) is 7. The Morgan fingerprint density at radius 3 is 0.988 bits per heavy atom. The molecule has 0 radical (unpaired) electrons. The number of carbonyl (C=O) groups is 3. The van der Waals surface area contributed by atoms with Crippen LogP contribution in [0.25, 0.3) is 0 Å². The van der Waals surface area contributed by atoms with Crippen LogP contribution in [0.5, 0.6) is 0 Å². The van der Waals surface area contributed by atoms with Gasteiger partial charge in [-0.25, -0.2) is 4.79 Å². The first-order valence-corrected chi connectivity index (χ1v) is 31.3. The second kappa shape index (κ2) is 60.7. The molecule has 0 heterocycles. The van der Waals surface area contributed by atoms with E-state index in [4.69, 9.17) is 18.9 Å². The van der Waals surface area contributed by atoms with E-state index in [0.29, 0.717) is 17.4 Å². The highest BCUT2D eigenvalue weighted by Gasteiger charge is 2.25. The molecular formula is C72H114NO8+. The lowest BCUT2D eigenvalue weighted by atomic mass is 10.1. The first-order chi connectivity index (χ1) is 39.6. The number of carbonyl (C=O) groups excluding carboxylic acids is 2. The van der Waals surface area contributed by atoms with Crippen molar-refractivity contribution >= 4 is 17.9 Å². The van der Waals surface area contributed by atoms with Crippen molar-refractivity contribution in [1.29, 1.82) is 0 Å². The van der Waals surface area contributed by atoms with Crippen LogP contribution in [-0.2, 0) is 33.3 Å². The zero-order chi connectivity index (χ0) is 59.1. The molecule has 0 aromatic carbocycles. The van der Waals surface area contributed by atoms with Gasteiger partial charge in [0.05, 0.1) is 34.4 Å². The van der Waals surface area contributed by atoms with Crippen molar-refractivity contribution in [2.45, 2.75) is 219 Å². The lowest BCUT2D eigenvalue weighted by Crippen LogP contribution is -2.40. The highest BCUT2D eigenvalue weighted by molar-refractivity contribution is 5.71. The van der Waals surface area contributed by atoms with Crippen LogP contribution < -0.4 is 0 Å². The van der Waals surface area contributed by atoms with Crippen LogP contribution in [-0.4, -0.2) is 87.4 Å². The Balaban J connectivity index is 4.21. The minimum Gasteiger partial charge on any atom is -0.477 e. The molecule has 0 aromatic heterocycles. The predicted octanol–water partition coefficient (Wildman–Crippen LogP) is 19.1. The summed E-state index contributed by atoms with van der Waals surface area (Å²) >= 11 is 0. The van der Waals surface area contributed by atoms with Gasteiger partial charge in [0, 0.05) is 12.8 Å². The molecular weight excluding hydrogens is 1010 g/mol. The summed E-state index contributed by atoms with van der Waals surface area (Å²) in [5.41, 5.74) is 0. The predicted molar refractivity (Wildman–Crippen MR) is 345 cm³/mol. The topological polar surface area (TPSA) is 108 Å². The van der Waals surface area contributed by atoms with E-state index in [1.807, 2.05) is 21.1 Å². The summed E-state index contributed by atoms with van der Waals surface area (Å²) in [5.74, 6) is -2.07. The summed E-state index contributed by atoms with van der Waals surface area (Å²) in [5, 5.41) is 9.70. The van der Waals surface area contributed by atoms with Crippen LogP contribution in [0.2, 0.25) is 0 Å². The van der Waals surface area contributed by atoms with E-state index in [0.717, 1.165) is 154 Å². The van der Waals surface area contributed by atoms with Gasteiger partial charge in [-0.15, -0.1) is 0 Å². The highest BCUT2D eigenvalue weighted by Crippen LogP contribution is 2.14. The van der Waals surface area contributed by atoms with Crippen LogP contribution in [0.1, 0.15) is 206 Å². The van der Waals surface area contributed by atoms with E-state index in [1.54, 1.807) is 0 Å². The Kier molecular flexibility index (Phi) is 56.7. The monoisotopic (exact) mass is 1120 g/mol. The molecule has 1 N–H and O–H groups in total. The molecule has 9 nitrogen and oxygen atoms in total. The van der Waals surface area contributed by atoms with Gasteiger partial charge in [-0.2, -0.15) is 0 Å². The van der Waals surface area contributed by atoms with Gasteiger partial charge >= 0.3 is 17.9 Å². The molecule has 2 atom stereocenters. The second-order valence-corrected chi connectivity index (χ2v) is 21.2. The van der Waals surface area contributed by atoms with Crippen molar-refractivity contribution in [3.63, 3.8) is 0 Å². The number of nitrogens with zero attached hydrogens (tertiary/aromatic N) is 1. The molecule has 0 aliphatic heterocycles. The summed E-state index contributed by atoms with van der Waals surface area (Å²) in [4.78, 5) is 37.4. The van der Waals surface area contributed by atoms with Gasteiger partial charge in [0.25, 0.3) is 6.29 Å². The number of carboxylic acid groups (broad SMARTS) is 1. The standard InChI is InChI=1S/C72H113NO8/c1-6-8-10-12-14-16-18-20-22-23-24-25-26-27-28-29-30-31-32-33-34-35-36-37-38-39-40-41-42-43-44-45-46-47-49-51-53-55-57-59-61-63-70(75)81-68(67-80-72(71(76)77)78-65-64-73(3,4)5)66-79-69(74)62-60-58-56-54-52-50-48-21-19-17-15-13-11-9-7-2/h8-11,14-17,20-22,24-25,27-28,30-31,33-34,36-37,39-40,42-43,45-46,48,68,72H,6-7,12-13,18-19,23,26,29,32,35,38,41,44,47,49-67H2,1-5H3/p+1/b10-8-,11-9-,16-14-,17-15-,22-20-,25-24-,28-27-,31-30-,34-33-,37-36-,40-39-,43-42-,46-45-,48-21-. The summed E-state index contributed by atoms with van der Waals surface area (Å²) in [6.45, 7) is 4.58. The normalized spacial score (nSPS) is 13.9. The lowest BCUT2D eigenvalue weighted by Gasteiger charge is -2.25. The number of quaternary nitrogens is 1. The number of hydrogen-bond donors (Lipinski definition) is 1. The molecule has 0 amide bonds. The molecule has 9 heteroatoms. The Hall–Kier alpha value is -5.35. The average Bonchev–Trinajstić information content (AvgIpc) is 3.44. The molecule has 454 valence electrons. The molecule has 0 rings (SSSR count). The number of esters is 2. The van der Waals surface area contributed by atoms with Crippen molar-refractivity contribution in [3.05, 3.63) is 170 Å². The Morgan fingerprint density at radius 1 is 0.370 bits per heavy atom. The Bertz CT molecular complexity index is 1930. The maximum absolute atomic E-state index is 12.9. The molecule has 0 bridgehead atoms. The number of aliphatic carboxylic acids is 1. The van der Waals surface area contributed by atoms with Crippen molar-refractivity contribution in [3.8, 4) is 0 Å². The Morgan fingerprint density at radius 2 is 0.667 bits per heavy atom. The van der Waals surface area contributed by atoms with Crippen molar-refractivity contribution in [2.75, 3.05) is 47.5 Å². The first kappa shape index (κ1) is 75.7. The van der Waals surface area contributed by atoms with Gasteiger partial charge < -0.3 is 28.5 Å². The van der Waals surface area contributed by atoms with Gasteiger partial charge in [-0.1, -0.05) is 235 Å². The number of allylic oxidation sites excluding steroid dienone is 28. The van der Waals surface area contributed by atoms with Crippen molar-refractivity contribution < 1.29 is 42.9 Å². The smallest absolute Gasteiger partial charge is 0.361 e. The zero-order valence-corrected chi connectivity index (χ0v) is 51.6. The maximum Gasteiger partial charge on any atom is 0.361 e. The summed E-state index contributed by atoms with van der Waals surface area (Å²) in [6.07, 6.45) is 88.8. The summed E-state index contributed by atoms with van der Waals surface area (Å²) in [6, 6.07) is 0. The molecule has 0 aliphatic carbocycles. The van der Waals surface area contributed by atoms with E-state index in [2.05, 4.69) is 184 Å². The fraction of sp³-hybridized carbons (Fsp3) is 0.569. The third kappa shape index (κ3) is 62.1. The third-order valence-electron chi connectivity index (χ3n) is 12.5. The van der Waals surface area contributed by atoms with Gasteiger partial charge in [0.2, 0.25) is 0 Å². The molecule has 0 aliphatic rings. The fourth-order valence-corrected chi connectivity index (χ4v) is 7.74. The van der Waals surface area contributed by atoms with Crippen LogP contribution in [0.4, 0.5) is 0 Å². The van der Waals surface area contributed by atoms with Crippen molar-refractivity contribution in [1.82, 2.24) is 0 Å². The van der Waals surface area contributed by atoms with Crippen LogP contribution in [0.15, 0.2) is 170 Å². The van der Waals surface area contributed by atoms with E-state index in [-0.39, 0.29) is 38.6 Å². The quantitative estimate of drug-likeness (QED) is 0.0211. The molecule has 0 saturated carbocycles. The highest BCUT2D eigenvalue weighted by atomic mass is 16.7. The molecule has 2 unspecified atom stereocenters. The SMILES string of the molecule is CC/C=C\C/C=C\C/C=C\C/C=C\C/C=C\C/C=C\C/C=C\C/C=C\C/C=C\C/C=C\C/C=C\CCCCCCCCCC(=O)OC(COC(=O)CCCCCCC/C=C\C/C=C\C/C=C\CC)COC(OCC[N+](C)(C)C)C(=O)O. The minimum absolute atomic E-state index is 0.173. The fourth-order valence-electron chi connectivity index (χ4n) is 7.74. The number of unbranched alkanes of at least 4 members (excludes halogenated alkanes) is 12. The molecule has 0 fully saturated rings. The Labute approximate surface area is 495 Å². The third-order valence-corrected chi connectivity index (χ3v) is 12.5. The number of ether oxygens (including phenoxy) is 4. The van der Waals surface area contributed by atoms with E-state index in [9.17, 15) is 19.5 Å². The summed E-state index contributed by atoms with van der Waals surface area (Å²) in [7, 11) is 5.94. The molecule has 0 saturated heterocycles. The van der Waals surface area contributed by atoms with Gasteiger partial charge in [-0.3, -0.25) is 9.59 Å².